The van der Waals surface area contributed by atoms with E-state index < -0.39 is 11.3 Å². The zero-order chi connectivity index (χ0) is 9.14. The van der Waals surface area contributed by atoms with Gasteiger partial charge < -0.3 is 10.8 Å². The number of phenols is 1. The molecule has 12 heavy (non-hydrogen) atoms. The maximum Gasteiger partial charge on any atom is 0.240 e. The van der Waals surface area contributed by atoms with Gasteiger partial charge in [0.2, 0.25) is 5.91 Å². The van der Waals surface area contributed by atoms with E-state index in [0.29, 0.717) is 5.56 Å². The Kier molecular flexibility index (Phi) is 2.55. The van der Waals surface area contributed by atoms with Crippen molar-refractivity contribution in [3.63, 3.8) is 0 Å². The van der Waals surface area contributed by atoms with Crippen LogP contribution in [0.4, 0.5) is 0 Å². The zero-order valence-electron chi connectivity index (χ0n) is 6.20. The molecule has 0 radical (unpaired) electrons. The first-order valence-electron chi connectivity index (χ1n) is 3.34. The van der Waals surface area contributed by atoms with Gasteiger partial charge in [-0.3, -0.25) is 4.79 Å². The van der Waals surface area contributed by atoms with Gasteiger partial charge in [0, 0.05) is 5.56 Å². The van der Waals surface area contributed by atoms with Crippen molar-refractivity contribution in [3.05, 3.63) is 29.8 Å². The molecule has 0 aliphatic rings. The SMILES string of the molecule is NC(=O)C(Cl)c1ccccc1O. The van der Waals surface area contributed by atoms with E-state index >= 15 is 0 Å². The van der Waals surface area contributed by atoms with Crippen molar-refractivity contribution in [3.8, 4) is 5.75 Å². The molecular formula is C8H8ClNO2. The summed E-state index contributed by atoms with van der Waals surface area (Å²) in [6, 6.07) is 6.32. The number of phenolic OH excluding ortho intramolecular Hbond substituents is 1. The standard InChI is InChI=1S/C8H8ClNO2/c9-7(8(10)12)5-3-1-2-4-6(5)11/h1-4,7,11H,(H2,10,12). The number of alkyl halides is 1. The minimum Gasteiger partial charge on any atom is -0.508 e. The van der Waals surface area contributed by atoms with Crippen LogP contribution in [0, 0.1) is 0 Å². The van der Waals surface area contributed by atoms with Crippen LogP contribution in [0.3, 0.4) is 0 Å². The number of aromatic hydroxyl groups is 1. The van der Waals surface area contributed by atoms with Crippen molar-refractivity contribution in [2.45, 2.75) is 5.38 Å². The Bertz CT molecular complexity index is 301. The lowest BCUT2D eigenvalue weighted by Gasteiger charge is -2.06. The molecule has 0 heterocycles. The molecule has 64 valence electrons. The molecule has 1 unspecified atom stereocenters. The summed E-state index contributed by atoms with van der Waals surface area (Å²) < 4.78 is 0. The molecule has 0 fully saturated rings. The number of carbonyl (C=O) groups excluding carboxylic acids is 1. The van der Waals surface area contributed by atoms with Gasteiger partial charge >= 0.3 is 0 Å². The van der Waals surface area contributed by atoms with E-state index in [1.165, 1.54) is 6.07 Å². The van der Waals surface area contributed by atoms with Crippen LogP contribution < -0.4 is 5.73 Å². The lowest BCUT2D eigenvalue weighted by molar-refractivity contribution is -0.117. The number of para-hydroxylation sites is 1. The lowest BCUT2D eigenvalue weighted by Crippen LogP contribution is -2.16. The van der Waals surface area contributed by atoms with Crippen LogP contribution in [0.2, 0.25) is 0 Å². The third-order valence-electron chi connectivity index (χ3n) is 1.46. The van der Waals surface area contributed by atoms with Gasteiger partial charge in [-0.25, -0.2) is 0 Å². The second-order valence-electron chi connectivity index (χ2n) is 2.32. The summed E-state index contributed by atoms with van der Waals surface area (Å²) in [6.45, 7) is 0. The van der Waals surface area contributed by atoms with Crippen molar-refractivity contribution in [1.29, 1.82) is 0 Å². The zero-order valence-corrected chi connectivity index (χ0v) is 6.95. The highest BCUT2D eigenvalue weighted by atomic mass is 35.5. The average molecular weight is 186 g/mol. The third kappa shape index (κ3) is 1.68. The summed E-state index contributed by atoms with van der Waals surface area (Å²) in [5.41, 5.74) is 5.29. The molecule has 3 nitrogen and oxygen atoms in total. The molecule has 4 heteroatoms. The number of nitrogens with two attached hydrogens (primary N) is 1. The first kappa shape index (κ1) is 8.87. The van der Waals surface area contributed by atoms with Gasteiger partial charge in [-0.15, -0.1) is 11.6 Å². The average Bonchev–Trinajstić information content (AvgIpc) is 2.04. The number of hydrogen-bond acceptors (Lipinski definition) is 2. The molecule has 0 saturated heterocycles. The van der Waals surface area contributed by atoms with E-state index in [2.05, 4.69) is 0 Å². The first-order chi connectivity index (χ1) is 5.63. The fraction of sp³-hybridized carbons (Fsp3) is 0.125. The molecule has 1 aromatic rings. The highest BCUT2D eigenvalue weighted by Crippen LogP contribution is 2.27. The monoisotopic (exact) mass is 185 g/mol. The normalized spacial score (nSPS) is 12.4. The Labute approximate surface area is 74.8 Å². The molecule has 0 aliphatic carbocycles. The Morgan fingerprint density at radius 3 is 2.58 bits per heavy atom. The molecule has 1 atom stereocenters. The lowest BCUT2D eigenvalue weighted by atomic mass is 10.1. The van der Waals surface area contributed by atoms with E-state index in [9.17, 15) is 9.90 Å². The van der Waals surface area contributed by atoms with E-state index in [4.69, 9.17) is 17.3 Å². The van der Waals surface area contributed by atoms with Crippen molar-refractivity contribution in [2.75, 3.05) is 0 Å². The van der Waals surface area contributed by atoms with Crippen LogP contribution in [0.25, 0.3) is 0 Å². The second kappa shape index (κ2) is 3.45. The molecule has 1 amide bonds. The minimum absolute atomic E-state index is 0.0173. The van der Waals surface area contributed by atoms with Crippen LogP contribution in [-0.4, -0.2) is 11.0 Å². The fourth-order valence-corrected chi connectivity index (χ4v) is 1.04. The number of carbonyl (C=O) groups is 1. The number of amides is 1. The third-order valence-corrected chi connectivity index (χ3v) is 1.91. The molecular weight excluding hydrogens is 178 g/mol. The minimum atomic E-state index is -0.966. The maximum atomic E-state index is 10.6. The van der Waals surface area contributed by atoms with Gasteiger partial charge in [-0.05, 0) is 6.07 Å². The van der Waals surface area contributed by atoms with E-state index in [-0.39, 0.29) is 5.75 Å². The quantitative estimate of drug-likeness (QED) is 0.680. The molecule has 1 aromatic carbocycles. The van der Waals surface area contributed by atoms with E-state index in [0.717, 1.165) is 0 Å². The predicted molar refractivity (Wildman–Crippen MR) is 45.9 cm³/mol. The van der Waals surface area contributed by atoms with Crippen LogP contribution in [-0.2, 0) is 4.79 Å². The molecule has 3 N–H and O–H groups in total. The second-order valence-corrected chi connectivity index (χ2v) is 2.76. The van der Waals surface area contributed by atoms with Crippen molar-refractivity contribution >= 4 is 17.5 Å². The Balaban J connectivity index is 3.02. The van der Waals surface area contributed by atoms with E-state index in [1.807, 2.05) is 0 Å². The van der Waals surface area contributed by atoms with Gasteiger partial charge in [-0.1, -0.05) is 18.2 Å². The number of halogens is 1. The van der Waals surface area contributed by atoms with Gasteiger partial charge in [-0.2, -0.15) is 0 Å². The van der Waals surface area contributed by atoms with Gasteiger partial charge in [0.1, 0.15) is 11.1 Å². The summed E-state index contributed by atoms with van der Waals surface area (Å²) in [7, 11) is 0. The van der Waals surface area contributed by atoms with Crippen molar-refractivity contribution in [2.24, 2.45) is 5.73 Å². The molecule has 0 aromatic heterocycles. The Hall–Kier alpha value is -1.22. The predicted octanol–water partition coefficient (Wildman–Crippen LogP) is 1.16. The molecule has 0 spiro atoms. The summed E-state index contributed by atoms with van der Waals surface area (Å²) in [6.07, 6.45) is 0. The molecule has 0 saturated carbocycles. The summed E-state index contributed by atoms with van der Waals surface area (Å²) in [4.78, 5) is 10.6. The molecule has 0 aliphatic heterocycles. The van der Waals surface area contributed by atoms with Crippen molar-refractivity contribution < 1.29 is 9.90 Å². The summed E-state index contributed by atoms with van der Waals surface area (Å²) in [5.74, 6) is -0.686. The number of rotatable bonds is 2. The van der Waals surface area contributed by atoms with Gasteiger partial charge in [0.05, 0.1) is 0 Å². The highest BCUT2D eigenvalue weighted by molar-refractivity contribution is 6.30. The fourth-order valence-electron chi connectivity index (χ4n) is 0.855. The van der Waals surface area contributed by atoms with Crippen LogP contribution in [0.5, 0.6) is 5.75 Å². The number of primary amides is 1. The topological polar surface area (TPSA) is 63.3 Å². The number of benzene rings is 1. The number of hydrogen-bond donors (Lipinski definition) is 2. The van der Waals surface area contributed by atoms with Crippen LogP contribution >= 0.6 is 11.6 Å². The first-order valence-corrected chi connectivity index (χ1v) is 3.78. The van der Waals surface area contributed by atoms with Crippen LogP contribution in [0.15, 0.2) is 24.3 Å². The summed E-state index contributed by atoms with van der Waals surface area (Å²) >= 11 is 5.61. The summed E-state index contributed by atoms with van der Waals surface area (Å²) in [5, 5.41) is 8.27. The largest absolute Gasteiger partial charge is 0.508 e. The highest BCUT2D eigenvalue weighted by Gasteiger charge is 2.16. The van der Waals surface area contributed by atoms with Gasteiger partial charge in [0.25, 0.3) is 0 Å². The Morgan fingerprint density at radius 1 is 1.50 bits per heavy atom. The smallest absolute Gasteiger partial charge is 0.240 e. The molecule has 1 rings (SSSR count). The van der Waals surface area contributed by atoms with Crippen molar-refractivity contribution in [1.82, 2.24) is 0 Å². The van der Waals surface area contributed by atoms with E-state index in [1.54, 1.807) is 18.2 Å². The Morgan fingerprint density at radius 2 is 2.08 bits per heavy atom. The van der Waals surface area contributed by atoms with Gasteiger partial charge in [0.15, 0.2) is 0 Å². The van der Waals surface area contributed by atoms with Crippen LogP contribution in [0.1, 0.15) is 10.9 Å². The maximum absolute atomic E-state index is 10.6. The molecule has 0 bridgehead atoms.